The van der Waals surface area contributed by atoms with Crippen molar-refractivity contribution in [2.75, 3.05) is 0 Å². The van der Waals surface area contributed by atoms with Crippen LogP contribution in [-0.4, -0.2) is 11.9 Å². The van der Waals surface area contributed by atoms with E-state index in [1.807, 2.05) is 0 Å². The van der Waals surface area contributed by atoms with Gasteiger partial charge in [-0.05, 0) is 61.4 Å². The minimum absolute atomic E-state index is 0.0280. The molecule has 0 radical (unpaired) electrons. The molecule has 0 bridgehead atoms. The minimum atomic E-state index is -2.09. The zero-order chi connectivity index (χ0) is 32.2. The molecular formula is C34H26F4O6. The molecule has 0 unspecified atom stereocenters. The summed E-state index contributed by atoms with van der Waals surface area (Å²) >= 11 is 0. The van der Waals surface area contributed by atoms with Gasteiger partial charge in [-0.15, -0.1) is 0 Å². The highest BCUT2D eigenvalue weighted by molar-refractivity contribution is 5.89. The predicted molar refractivity (Wildman–Crippen MR) is 160 cm³/mol. The van der Waals surface area contributed by atoms with Crippen LogP contribution in [0.3, 0.4) is 0 Å². The summed E-state index contributed by atoms with van der Waals surface area (Å²) in [5.74, 6) is -0.636. The van der Waals surface area contributed by atoms with E-state index in [0.29, 0.717) is 11.1 Å². The predicted octanol–water partition coefficient (Wildman–Crippen LogP) is 9.22. The maximum atomic E-state index is 12.9. The molecule has 6 nitrogen and oxygen atoms in total. The van der Waals surface area contributed by atoms with Gasteiger partial charge < -0.3 is 18.9 Å². The van der Waals surface area contributed by atoms with Crippen LogP contribution in [0.15, 0.2) is 110 Å². The first-order valence-electron chi connectivity index (χ1n) is 12.8. The fraction of sp³-hybridized carbons (Fsp3) is 0.0588. The summed E-state index contributed by atoms with van der Waals surface area (Å²) in [6, 6.07) is 15.4. The van der Waals surface area contributed by atoms with Gasteiger partial charge in [0, 0.05) is 22.3 Å². The van der Waals surface area contributed by atoms with Crippen LogP contribution in [-0.2, 0) is 9.59 Å². The van der Waals surface area contributed by atoms with Gasteiger partial charge in [0.25, 0.3) is 0 Å². The maximum absolute atomic E-state index is 12.9. The first-order valence-corrected chi connectivity index (χ1v) is 12.8. The fourth-order valence-corrected chi connectivity index (χ4v) is 3.33. The summed E-state index contributed by atoms with van der Waals surface area (Å²) in [5, 5.41) is 0. The second-order valence-corrected chi connectivity index (χ2v) is 9.12. The number of carbonyl (C=O) groups is 2. The molecule has 0 fully saturated rings. The van der Waals surface area contributed by atoms with Crippen LogP contribution in [0.4, 0.5) is 17.6 Å². The molecule has 3 rings (SSSR count). The van der Waals surface area contributed by atoms with Gasteiger partial charge in [-0.3, -0.25) is 0 Å². The van der Waals surface area contributed by atoms with Gasteiger partial charge in [-0.1, -0.05) is 61.7 Å². The molecule has 0 aromatic heterocycles. The van der Waals surface area contributed by atoms with Crippen molar-refractivity contribution in [1.82, 2.24) is 0 Å². The Labute approximate surface area is 251 Å². The first kappa shape index (κ1) is 32.9. The van der Waals surface area contributed by atoms with Gasteiger partial charge in [0.2, 0.25) is 0 Å². The molecule has 0 saturated heterocycles. The summed E-state index contributed by atoms with van der Waals surface area (Å²) in [6.45, 7) is 10.1. The van der Waals surface area contributed by atoms with Crippen LogP contribution in [0.5, 0.6) is 23.0 Å². The Balaban J connectivity index is 1.95. The van der Waals surface area contributed by atoms with Crippen LogP contribution in [0.1, 0.15) is 36.1 Å². The molecule has 44 heavy (non-hydrogen) atoms. The van der Waals surface area contributed by atoms with Gasteiger partial charge in [0.15, 0.2) is 12.5 Å². The summed E-state index contributed by atoms with van der Waals surface area (Å²) in [4.78, 5) is 23.4. The molecule has 0 amide bonds. The number of hydrogen-bond donors (Lipinski definition) is 0. The van der Waals surface area contributed by atoms with Gasteiger partial charge in [0.1, 0.15) is 23.0 Å². The Morgan fingerprint density at radius 1 is 0.591 bits per heavy atom. The van der Waals surface area contributed by atoms with Crippen molar-refractivity contribution < 1.29 is 46.1 Å². The van der Waals surface area contributed by atoms with Crippen molar-refractivity contribution in [2.45, 2.75) is 13.8 Å². The lowest BCUT2D eigenvalue weighted by Gasteiger charge is -2.12. The zero-order valence-corrected chi connectivity index (χ0v) is 23.6. The molecule has 0 aliphatic rings. The molecule has 0 atom stereocenters. The van der Waals surface area contributed by atoms with Crippen LogP contribution < -0.4 is 18.9 Å². The normalized spacial score (nSPS) is 10.7. The van der Waals surface area contributed by atoms with Crippen LogP contribution >= 0.6 is 0 Å². The lowest BCUT2D eigenvalue weighted by molar-refractivity contribution is -0.130. The topological polar surface area (TPSA) is 71.1 Å². The molecule has 0 heterocycles. The fourth-order valence-electron chi connectivity index (χ4n) is 3.33. The maximum Gasteiger partial charge on any atom is 0.338 e. The number of rotatable bonds is 12. The third-order valence-electron chi connectivity index (χ3n) is 5.48. The van der Waals surface area contributed by atoms with E-state index in [1.165, 1.54) is 38.1 Å². The number of halogens is 4. The standard InChI is InChI=1S/C34H26F4O6/c1-21(2)33(39)43-27-13-7-23(8-14-27)5-11-25-17-30(42-20-32(37)38)26(18-29(25)41-19-31(35)36)12-6-24-9-15-28(16-10-24)44-34(40)22(3)4/h5-20H,1,3H2,2,4H3/b11-5+,12-6+. The lowest BCUT2D eigenvalue weighted by Crippen LogP contribution is -2.07. The highest BCUT2D eigenvalue weighted by atomic mass is 19.3. The Hall–Kier alpha value is -5.64. The quantitative estimate of drug-likeness (QED) is 0.0511. The van der Waals surface area contributed by atoms with E-state index in [9.17, 15) is 27.2 Å². The number of ether oxygens (including phenoxy) is 4. The SMILES string of the molecule is C=C(C)C(=O)Oc1ccc(/C=C/c2cc(OC=C(F)F)c(/C=C/c3ccc(OC(=O)C(=C)C)cc3)cc2OC=C(F)F)cc1. The van der Waals surface area contributed by atoms with Gasteiger partial charge in [-0.2, -0.15) is 17.6 Å². The Bertz CT molecular complexity index is 1530. The molecule has 3 aromatic carbocycles. The van der Waals surface area contributed by atoms with Crippen LogP contribution in [0.25, 0.3) is 24.3 Å². The highest BCUT2D eigenvalue weighted by Crippen LogP contribution is 2.33. The Morgan fingerprint density at radius 2 is 0.932 bits per heavy atom. The largest absolute Gasteiger partial charge is 0.459 e. The van der Waals surface area contributed by atoms with Crippen molar-refractivity contribution in [3.05, 3.63) is 132 Å². The van der Waals surface area contributed by atoms with E-state index in [4.69, 9.17) is 18.9 Å². The number of carbonyl (C=O) groups excluding carboxylic acids is 2. The van der Waals surface area contributed by atoms with Crippen molar-refractivity contribution in [3.63, 3.8) is 0 Å². The van der Waals surface area contributed by atoms with Gasteiger partial charge >= 0.3 is 24.1 Å². The van der Waals surface area contributed by atoms with Crippen LogP contribution in [0.2, 0.25) is 0 Å². The van der Waals surface area contributed by atoms with E-state index in [-0.39, 0.29) is 57.8 Å². The van der Waals surface area contributed by atoms with Crippen molar-refractivity contribution in [1.29, 1.82) is 0 Å². The van der Waals surface area contributed by atoms with Gasteiger partial charge in [-0.25, -0.2) is 9.59 Å². The zero-order valence-electron chi connectivity index (χ0n) is 23.6. The second kappa shape index (κ2) is 15.5. The van der Waals surface area contributed by atoms with E-state index < -0.39 is 24.1 Å². The molecule has 0 saturated carbocycles. The number of hydrogen-bond acceptors (Lipinski definition) is 6. The highest BCUT2D eigenvalue weighted by Gasteiger charge is 2.11. The second-order valence-electron chi connectivity index (χ2n) is 9.12. The first-order chi connectivity index (χ1) is 20.9. The van der Waals surface area contributed by atoms with E-state index in [0.717, 1.165) is 0 Å². The van der Waals surface area contributed by atoms with E-state index in [2.05, 4.69) is 13.2 Å². The Morgan fingerprint density at radius 3 is 1.23 bits per heavy atom. The molecule has 10 heteroatoms. The van der Waals surface area contributed by atoms with E-state index in [1.54, 1.807) is 60.7 Å². The van der Waals surface area contributed by atoms with Crippen molar-refractivity contribution >= 4 is 36.2 Å². The average molecular weight is 607 g/mol. The van der Waals surface area contributed by atoms with Crippen molar-refractivity contribution in [2.24, 2.45) is 0 Å². The number of benzene rings is 3. The third-order valence-corrected chi connectivity index (χ3v) is 5.48. The monoisotopic (exact) mass is 606 g/mol. The molecule has 0 N–H and O–H groups in total. The summed E-state index contributed by atoms with van der Waals surface area (Å²) in [6.07, 6.45) is 2.54. The minimum Gasteiger partial charge on any atom is -0.459 e. The van der Waals surface area contributed by atoms with Gasteiger partial charge in [0.05, 0.1) is 0 Å². The molecule has 0 aliphatic carbocycles. The third kappa shape index (κ3) is 10.3. The van der Waals surface area contributed by atoms with E-state index >= 15 is 0 Å². The average Bonchev–Trinajstić information content (AvgIpc) is 2.98. The molecule has 0 spiro atoms. The Kier molecular flexibility index (Phi) is 11.6. The van der Waals surface area contributed by atoms with Crippen molar-refractivity contribution in [3.8, 4) is 23.0 Å². The van der Waals surface area contributed by atoms with Crippen LogP contribution in [0, 0.1) is 0 Å². The smallest absolute Gasteiger partial charge is 0.338 e. The summed E-state index contributed by atoms with van der Waals surface area (Å²) in [7, 11) is 0. The summed E-state index contributed by atoms with van der Waals surface area (Å²) in [5.41, 5.74) is 2.19. The molecule has 3 aromatic rings. The molecule has 226 valence electrons. The lowest BCUT2D eigenvalue weighted by atomic mass is 10.1. The molecular weight excluding hydrogens is 580 g/mol. The summed E-state index contributed by atoms with van der Waals surface area (Å²) < 4.78 is 72.3. The number of esters is 2. The molecule has 0 aliphatic heterocycles.